The van der Waals surface area contributed by atoms with Gasteiger partial charge >= 0.3 is 0 Å². The Kier molecular flexibility index (Phi) is 3.41. The largest absolute Gasteiger partial charge is 0.328 e. The number of hydrogen-bond donors (Lipinski definition) is 0. The van der Waals surface area contributed by atoms with Gasteiger partial charge in [-0.1, -0.05) is 12.1 Å². The topological polar surface area (TPSA) is 46.1 Å². The fourth-order valence-corrected chi connectivity index (χ4v) is 2.09. The normalized spacial score (nSPS) is 14.1. The van der Waals surface area contributed by atoms with Crippen LogP contribution in [0.2, 0.25) is 0 Å². The summed E-state index contributed by atoms with van der Waals surface area (Å²) in [5.41, 5.74) is 0.969. The van der Waals surface area contributed by atoms with E-state index in [0.29, 0.717) is 6.54 Å². The van der Waals surface area contributed by atoms with E-state index in [-0.39, 0.29) is 17.6 Å². The van der Waals surface area contributed by atoms with Gasteiger partial charge in [0.2, 0.25) is 5.95 Å². The molecule has 1 saturated carbocycles. The highest BCUT2D eigenvalue weighted by molar-refractivity contribution is 5.92. The van der Waals surface area contributed by atoms with E-state index >= 15 is 0 Å². The molecule has 2 heterocycles. The number of nitrogens with zero attached hydrogens (tertiary/aromatic N) is 3. The molecule has 0 aliphatic heterocycles. The molecule has 1 fully saturated rings. The Labute approximate surface area is 116 Å². The maximum Gasteiger partial charge on any atom is 0.273 e. The minimum absolute atomic E-state index is 0.146. The summed E-state index contributed by atoms with van der Waals surface area (Å²) in [5.74, 6) is -0.873. The summed E-state index contributed by atoms with van der Waals surface area (Å²) in [6.07, 6.45) is 3.66. The summed E-state index contributed by atoms with van der Waals surface area (Å²) in [4.78, 5) is 22.1. The van der Waals surface area contributed by atoms with Gasteiger partial charge in [0.05, 0.1) is 12.2 Å². The van der Waals surface area contributed by atoms with Crippen molar-refractivity contribution in [1.82, 2.24) is 14.9 Å². The van der Waals surface area contributed by atoms with E-state index in [2.05, 4.69) is 9.97 Å². The van der Waals surface area contributed by atoms with Crippen LogP contribution in [0.5, 0.6) is 0 Å². The smallest absolute Gasteiger partial charge is 0.273 e. The Morgan fingerprint density at radius 2 is 2.10 bits per heavy atom. The maximum absolute atomic E-state index is 13.1. The summed E-state index contributed by atoms with van der Waals surface area (Å²) in [6.45, 7) is 0.433. The number of carbonyl (C=O) groups excluding carboxylic acids is 1. The van der Waals surface area contributed by atoms with Gasteiger partial charge in [0, 0.05) is 12.2 Å². The van der Waals surface area contributed by atoms with Crippen LogP contribution in [-0.2, 0) is 6.54 Å². The summed E-state index contributed by atoms with van der Waals surface area (Å²) in [5, 5.41) is 0. The molecule has 2 aromatic heterocycles. The van der Waals surface area contributed by atoms with Gasteiger partial charge in [0.25, 0.3) is 5.91 Å². The number of aromatic nitrogens is 2. The molecule has 1 aliphatic rings. The van der Waals surface area contributed by atoms with Crippen molar-refractivity contribution in [3.8, 4) is 0 Å². The lowest BCUT2D eigenvalue weighted by Crippen LogP contribution is -2.33. The van der Waals surface area contributed by atoms with Crippen molar-refractivity contribution in [3.05, 3.63) is 59.9 Å². The molecule has 3 rings (SSSR count). The molecule has 0 bridgehead atoms. The Morgan fingerprint density at radius 1 is 1.25 bits per heavy atom. The van der Waals surface area contributed by atoms with Crippen molar-refractivity contribution >= 4 is 5.91 Å². The first-order valence-electron chi connectivity index (χ1n) is 6.57. The van der Waals surface area contributed by atoms with Crippen LogP contribution in [0.25, 0.3) is 0 Å². The van der Waals surface area contributed by atoms with E-state index in [0.717, 1.165) is 18.5 Å². The van der Waals surface area contributed by atoms with Crippen LogP contribution < -0.4 is 0 Å². The monoisotopic (exact) mass is 271 g/mol. The Balaban J connectivity index is 1.82. The number of rotatable bonds is 4. The quantitative estimate of drug-likeness (QED) is 0.802. The van der Waals surface area contributed by atoms with Crippen molar-refractivity contribution in [1.29, 1.82) is 0 Å². The van der Waals surface area contributed by atoms with Gasteiger partial charge in [-0.3, -0.25) is 9.78 Å². The molecule has 0 unspecified atom stereocenters. The van der Waals surface area contributed by atoms with Crippen molar-refractivity contribution in [3.63, 3.8) is 0 Å². The molecule has 1 amide bonds. The molecular weight excluding hydrogens is 257 g/mol. The number of carbonyl (C=O) groups is 1. The van der Waals surface area contributed by atoms with Gasteiger partial charge in [-0.05, 0) is 37.1 Å². The highest BCUT2D eigenvalue weighted by atomic mass is 19.1. The van der Waals surface area contributed by atoms with Crippen molar-refractivity contribution < 1.29 is 9.18 Å². The molecule has 0 radical (unpaired) electrons. The average Bonchev–Trinajstić information content (AvgIpc) is 3.30. The standard InChI is InChI=1S/C15H14FN3O/c16-14-6-3-5-13(18-14)15(20)19(12-7-8-12)10-11-4-1-2-9-17-11/h1-6,9,12H,7-8,10H2. The second-order valence-electron chi connectivity index (χ2n) is 4.83. The SMILES string of the molecule is O=C(c1cccc(F)n1)N(Cc1ccccn1)C1CC1. The van der Waals surface area contributed by atoms with Crippen LogP contribution >= 0.6 is 0 Å². The third-order valence-corrected chi connectivity index (χ3v) is 3.24. The minimum atomic E-state index is -0.635. The lowest BCUT2D eigenvalue weighted by Gasteiger charge is -2.21. The van der Waals surface area contributed by atoms with Crippen LogP contribution in [0.15, 0.2) is 42.6 Å². The zero-order chi connectivity index (χ0) is 13.9. The Hall–Kier alpha value is -2.30. The van der Waals surface area contributed by atoms with Gasteiger partial charge < -0.3 is 4.90 Å². The van der Waals surface area contributed by atoms with E-state index in [1.54, 1.807) is 17.2 Å². The van der Waals surface area contributed by atoms with Gasteiger partial charge in [-0.15, -0.1) is 0 Å². The van der Waals surface area contributed by atoms with Crippen LogP contribution in [-0.4, -0.2) is 26.8 Å². The molecule has 2 aromatic rings. The van der Waals surface area contributed by atoms with Crippen molar-refractivity contribution in [2.45, 2.75) is 25.4 Å². The first-order valence-corrected chi connectivity index (χ1v) is 6.57. The lowest BCUT2D eigenvalue weighted by molar-refractivity contribution is 0.0720. The number of pyridine rings is 2. The molecule has 102 valence electrons. The first-order chi connectivity index (χ1) is 9.74. The molecule has 20 heavy (non-hydrogen) atoms. The molecule has 5 heteroatoms. The predicted octanol–water partition coefficient (Wildman–Crippen LogP) is 2.42. The van der Waals surface area contributed by atoms with E-state index < -0.39 is 5.95 Å². The summed E-state index contributed by atoms with van der Waals surface area (Å²) >= 11 is 0. The van der Waals surface area contributed by atoms with Crippen molar-refractivity contribution in [2.75, 3.05) is 0 Å². The van der Waals surface area contributed by atoms with Gasteiger partial charge in [0.15, 0.2) is 0 Å². The fraction of sp³-hybridized carbons (Fsp3) is 0.267. The summed E-state index contributed by atoms with van der Waals surface area (Å²) in [7, 11) is 0. The third kappa shape index (κ3) is 2.82. The fourth-order valence-electron chi connectivity index (χ4n) is 2.09. The maximum atomic E-state index is 13.1. The highest BCUT2D eigenvalue weighted by Gasteiger charge is 2.33. The number of amides is 1. The summed E-state index contributed by atoms with van der Waals surface area (Å²) in [6, 6.07) is 10.1. The van der Waals surface area contributed by atoms with E-state index in [1.807, 2.05) is 18.2 Å². The highest BCUT2D eigenvalue weighted by Crippen LogP contribution is 2.29. The van der Waals surface area contributed by atoms with Crippen LogP contribution in [0.1, 0.15) is 29.0 Å². The predicted molar refractivity (Wildman–Crippen MR) is 71.3 cm³/mol. The molecule has 0 atom stereocenters. The first kappa shape index (κ1) is 12.7. The lowest BCUT2D eigenvalue weighted by atomic mass is 10.2. The second-order valence-corrected chi connectivity index (χ2v) is 4.83. The molecular formula is C15H14FN3O. The van der Waals surface area contributed by atoms with E-state index in [9.17, 15) is 9.18 Å². The zero-order valence-corrected chi connectivity index (χ0v) is 10.9. The summed E-state index contributed by atoms with van der Waals surface area (Å²) < 4.78 is 13.1. The molecule has 0 aromatic carbocycles. The number of halogens is 1. The third-order valence-electron chi connectivity index (χ3n) is 3.24. The van der Waals surface area contributed by atoms with Crippen molar-refractivity contribution in [2.24, 2.45) is 0 Å². The van der Waals surface area contributed by atoms with Gasteiger partial charge in [-0.2, -0.15) is 4.39 Å². The molecule has 0 spiro atoms. The molecule has 0 saturated heterocycles. The van der Waals surface area contributed by atoms with Gasteiger partial charge in [-0.25, -0.2) is 4.98 Å². The minimum Gasteiger partial charge on any atom is -0.328 e. The number of hydrogen-bond acceptors (Lipinski definition) is 3. The average molecular weight is 271 g/mol. The van der Waals surface area contributed by atoms with E-state index in [1.165, 1.54) is 12.1 Å². The molecule has 4 nitrogen and oxygen atoms in total. The van der Waals surface area contributed by atoms with Crippen LogP contribution in [0.3, 0.4) is 0 Å². The van der Waals surface area contributed by atoms with Crippen LogP contribution in [0, 0.1) is 5.95 Å². The molecule has 1 aliphatic carbocycles. The van der Waals surface area contributed by atoms with Gasteiger partial charge in [0.1, 0.15) is 5.69 Å². The second kappa shape index (κ2) is 5.36. The Morgan fingerprint density at radius 3 is 2.75 bits per heavy atom. The Bertz CT molecular complexity index is 614. The van der Waals surface area contributed by atoms with Crippen LogP contribution in [0.4, 0.5) is 4.39 Å². The van der Waals surface area contributed by atoms with E-state index in [4.69, 9.17) is 0 Å². The molecule has 0 N–H and O–H groups in total. The zero-order valence-electron chi connectivity index (χ0n) is 10.9.